The molecule has 1 aromatic carbocycles. The molecule has 1 aromatic rings. The molecule has 3 rings (SSSR count). The van der Waals surface area contributed by atoms with E-state index in [1.807, 2.05) is 4.90 Å². The number of oxime groups is 1. The van der Waals surface area contributed by atoms with Crippen molar-refractivity contribution in [3.63, 3.8) is 0 Å². The van der Waals surface area contributed by atoms with Gasteiger partial charge in [-0.3, -0.25) is 4.79 Å². The molecule has 2 aliphatic heterocycles. The molecule has 0 N–H and O–H groups in total. The smallest absolute Gasteiger partial charge is 0.266 e. The lowest BCUT2D eigenvalue weighted by Gasteiger charge is -2.26. The molecule has 1 saturated heterocycles. The fourth-order valence-corrected chi connectivity index (χ4v) is 3.30. The Bertz CT molecular complexity index is 612. The van der Waals surface area contributed by atoms with E-state index in [-0.39, 0.29) is 17.8 Å². The summed E-state index contributed by atoms with van der Waals surface area (Å²) in [4.78, 5) is 20.0. The van der Waals surface area contributed by atoms with Gasteiger partial charge in [-0.1, -0.05) is 24.2 Å². The molecule has 2 atom stereocenters. The molecule has 1 fully saturated rings. The molecule has 0 bridgehead atoms. The van der Waals surface area contributed by atoms with E-state index in [2.05, 4.69) is 12.1 Å². The van der Waals surface area contributed by atoms with Crippen molar-refractivity contribution in [2.45, 2.75) is 51.2 Å². The van der Waals surface area contributed by atoms with Gasteiger partial charge in [0.1, 0.15) is 5.82 Å². The molecule has 5 nitrogen and oxygen atoms in total. The van der Waals surface area contributed by atoms with E-state index in [1.165, 1.54) is 12.1 Å². The normalized spacial score (nSPS) is 22.6. The molecule has 1 amide bonds. The lowest BCUT2D eigenvalue weighted by Crippen LogP contribution is -2.43. The number of carbonyl (C=O) groups is 1. The maximum Gasteiger partial charge on any atom is 0.266 e. The van der Waals surface area contributed by atoms with E-state index in [0.29, 0.717) is 25.9 Å². The Morgan fingerprint density at radius 1 is 1.36 bits per heavy atom. The first-order chi connectivity index (χ1) is 12.2. The minimum absolute atomic E-state index is 0.0183. The van der Waals surface area contributed by atoms with Crippen LogP contribution in [0.1, 0.15) is 38.2 Å². The average molecular weight is 348 g/mol. The number of nitrogens with zero attached hydrogens (tertiary/aromatic N) is 2. The van der Waals surface area contributed by atoms with Gasteiger partial charge >= 0.3 is 0 Å². The topological polar surface area (TPSA) is 51.1 Å². The third-order valence-electron chi connectivity index (χ3n) is 4.58. The first-order valence-electron chi connectivity index (χ1n) is 9.02. The Labute approximate surface area is 147 Å². The molecular weight excluding hydrogens is 323 g/mol. The third kappa shape index (κ3) is 4.78. The molecule has 25 heavy (non-hydrogen) atoms. The Kier molecular flexibility index (Phi) is 6.02. The summed E-state index contributed by atoms with van der Waals surface area (Å²) >= 11 is 0. The van der Waals surface area contributed by atoms with Crippen LogP contribution in [-0.4, -0.2) is 48.4 Å². The number of ether oxygens (including phenoxy) is 1. The predicted molar refractivity (Wildman–Crippen MR) is 92.9 cm³/mol. The van der Waals surface area contributed by atoms with Gasteiger partial charge in [0, 0.05) is 32.5 Å². The number of hydrogen-bond donors (Lipinski definition) is 0. The van der Waals surface area contributed by atoms with Gasteiger partial charge in [0.05, 0.1) is 11.8 Å². The van der Waals surface area contributed by atoms with Crippen LogP contribution in [0.25, 0.3) is 0 Å². The fourth-order valence-electron chi connectivity index (χ4n) is 3.30. The van der Waals surface area contributed by atoms with Gasteiger partial charge < -0.3 is 14.5 Å². The van der Waals surface area contributed by atoms with Crippen LogP contribution in [0.15, 0.2) is 29.4 Å². The second-order valence-corrected chi connectivity index (χ2v) is 6.68. The third-order valence-corrected chi connectivity index (χ3v) is 4.58. The Morgan fingerprint density at radius 3 is 2.84 bits per heavy atom. The quantitative estimate of drug-likeness (QED) is 0.761. The maximum absolute atomic E-state index is 13.0. The van der Waals surface area contributed by atoms with Crippen molar-refractivity contribution in [3.05, 3.63) is 35.6 Å². The molecule has 6 heteroatoms. The number of hydrogen-bond acceptors (Lipinski definition) is 4. The summed E-state index contributed by atoms with van der Waals surface area (Å²) < 4.78 is 18.6. The standard InChI is InChI=1S/C19H25FN2O3/c1-2-9-22(13-17-4-3-10-24-17)19(23)18-12-16(21-25-18)11-14-5-7-15(20)8-6-14/h5-8,17-18H,2-4,9-13H2,1H3. The number of halogens is 1. The number of benzene rings is 1. The monoisotopic (exact) mass is 348 g/mol. The highest BCUT2D eigenvalue weighted by molar-refractivity contribution is 5.94. The zero-order valence-corrected chi connectivity index (χ0v) is 14.6. The second-order valence-electron chi connectivity index (χ2n) is 6.68. The number of amides is 1. The van der Waals surface area contributed by atoms with Crippen LogP contribution in [0.3, 0.4) is 0 Å². The summed E-state index contributed by atoms with van der Waals surface area (Å²) in [6.07, 6.45) is 3.61. The fraction of sp³-hybridized carbons (Fsp3) is 0.579. The van der Waals surface area contributed by atoms with Crippen LogP contribution < -0.4 is 0 Å². The van der Waals surface area contributed by atoms with Crippen LogP contribution >= 0.6 is 0 Å². The Morgan fingerprint density at radius 2 is 2.16 bits per heavy atom. The molecule has 0 spiro atoms. The molecule has 2 heterocycles. The minimum Gasteiger partial charge on any atom is -0.382 e. The van der Waals surface area contributed by atoms with Crippen LogP contribution in [0.2, 0.25) is 0 Å². The zero-order chi connectivity index (χ0) is 17.6. The van der Waals surface area contributed by atoms with Gasteiger partial charge in [-0.15, -0.1) is 0 Å². The highest BCUT2D eigenvalue weighted by Gasteiger charge is 2.33. The Balaban J connectivity index is 1.54. The molecule has 0 saturated carbocycles. The minimum atomic E-state index is -0.552. The summed E-state index contributed by atoms with van der Waals surface area (Å²) in [6.45, 7) is 4.16. The summed E-state index contributed by atoms with van der Waals surface area (Å²) in [5.41, 5.74) is 1.78. The second kappa shape index (κ2) is 8.43. The Hall–Kier alpha value is -1.95. The highest BCUT2D eigenvalue weighted by atomic mass is 19.1. The summed E-state index contributed by atoms with van der Waals surface area (Å²) in [5.74, 6) is -0.277. The summed E-state index contributed by atoms with van der Waals surface area (Å²) in [5, 5.41) is 4.07. The van der Waals surface area contributed by atoms with E-state index in [0.717, 1.165) is 37.1 Å². The predicted octanol–water partition coefficient (Wildman–Crippen LogP) is 2.93. The molecule has 2 unspecified atom stereocenters. The van der Waals surface area contributed by atoms with Crippen molar-refractivity contribution >= 4 is 11.6 Å². The van der Waals surface area contributed by atoms with Gasteiger partial charge in [-0.25, -0.2) is 4.39 Å². The van der Waals surface area contributed by atoms with Crippen molar-refractivity contribution in [2.24, 2.45) is 5.16 Å². The summed E-state index contributed by atoms with van der Waals surface area (Å²) in [7, 11) is 0. The van der Waals surface area contributed by atoms with Crippen LogP contribution in [0, 0.1) is 5.82 Å². The zero-order valence-electron chi connectivity index (χ0n) is 14.6. The molecule has 136 valence electrons. The van der Waals surface area contributed by atoms with Gasteiger partial charge in [-0.05, 0) is 37.0 Å². The van der Waals surface area contributed by atoms with Gasteiger partial charge in [0.25, 0.3) is 5.91 Å². The van der Waals surface area contributed by atoms with Crippen LogP contribution in [-0.2, 0) is 20.8 Å². The van der Waals surface area contributed by atoms with Crippen molar-refractivity contribution in [1.82, 2.24) is 4.90 Å². The van der Waals surface area contributed by atoms with E-state index in [4.69, 9.17) is 9.57 Å². The SMILES string of the molecule is CCCN(CC1CCCO1)C(=O)C1CC(Cc2ccc(F)cc2)=NO1. The molecule has 2 aliphatic rings. The highest BCUT2D eigenvalue weighted by Crippen LogP contribution is 2.19. The van der Waals surface area contributed by atoms with Crippen molar-refractivity contribution < 1.29 is 18.8 Å². The van der Waals surface area contributed by atoms with Crippen LogP contribution in [0.5, 0.6) is 0 Å². The molecule has 0 aromatic heterocycles. The van der Waals surface area contributed by atoms with E-state index < -0.39 is 6.10 Å². The van der Waals surface area contributed by atoms with E-state index in [1.54, 1.807) is 12.1 Å². The van der Waals surface area contributed by atoms with Crippen LogP contribution in [0.4, 0.5) is 4.39 Å². The number of rotatable bonds is 7. The molecule has 0 radical (unpaired) electrons. The first-order valence-corrected chi connectivity index (χ1v) is 9.02. The van der Waals surface area contributed by atoms with E-state index >= 15 is 0 Å². The van der Waals surface area contributed by atoms with E-state index in [9.17, 15) is 9.18 Å². The van der Waals surface area contributed by atoms with Gasteiger partial charge in [-0.2, -0.15) is 0 Å². The van der Waals surface area contributed by atoms with Crippen molar-refractivity contribution in [2.75, 3.05) is 19.7 Å². The average Bonchev–Trinajstić information content (AvgIpc) is 3.28. The van der Waals surface area contributed by atoms with Crippen molar-refractivity contribution in [1.29, 1.82) is 0 Å². The van der Waals surface area contributed by atoms with Gasteiger partial charge in [0.2, 0.25) is 6.10 Å². The maximum atomic E-state index is 13.0. The summed E-state index contributed by atoms with van der Waals surface area (Å²) in [6, 6.07) is 6.32. The number of carbonyl (C=O) groups excluding carboxylic acids is 1. The van der Waals surface area contributed by atoms with Crippen molar-refractivity contribution in [3.8, 4) is 0 Å². The largest absolute Gasteiger partial charge is 0.382 e. The molecular formula is C19H25FN2O3. The lowest BCUT2D eigenvalue weighted by molar-refractivity contribution is -0.143. The first kappa shape index (κ1) is 17.9. The van der Waals surface area contributed by atoms with Gasteiger partial charge in [0.15, 0.2) is 0 Å². The lowest BCUT2D eigenvalue weighted by atomic mass is 10.0. The molecule has 0 aliphatic carbocycles.